The van der Waals surface area contributed by atoms with Gasteiger partial charge in [-0.15, -0.1) is 0 Å². The molecule has 0 aromatic heterocycles. The molecule has 0 N–H and O–H groups in total. The van der Waals surface area contributed by atoms with E-state index < -0.39 is 0 Å². The number of halogens is 1. The van der Waals surface area contributed by atoms with Gasteiger partial charge < -0.3 is 4.90 Å². The van der Waals surface area contributed by atoms with Crippen LogP contribution in [0.1, 0.15) is 69.8 Å². The monoisotopic (exact) mass is 414 g/mol. The molecule has 1 aromatic rings. The van der Waals surface area contributed by atoms with E-state index >= 15 is 0 Å². The third-order valence-electron chi connectivity index (χ3n) is 7.08. The van der Waals surface area contributed by atoms with E-state index in [1.807, 2.05) is 4.90 Å². The molecule has 2 atom stereocenters. The van der Waals surface area contributed by atoms with Gasteiger partial charge in [0.1, 0.15) is 5.82 Å². The number of likely N-dealkylation sites (tertiary alicyclic amines) is 1. The third kappa shape index (κ3) is 4.42. The van der Waals surface area contributed by atoms with Crippen LogP contribution in [-0.2, 0) is 20.9 Å². The summed E-state index contributed by atoms with van der Waals surface area (Å²) in [7, 11) is 0. The van der Waals surface area contributed by atoms with E-state index in [-0.39, 0.29) is 54.4 Å². The Morgan fingerprint density at radius 3 is 2.07 bits per heavy atom. The minimum atomic E-state index is -0.290. The van der Waals surface area contributed by atoms with Crippen LogP contribution < -0.4 is 0 Å². The molecular weight excluding hydrogens is 383 g/mol. The second kappa shape index (κ2) is 9.27. The number of hydrogen-bond donors (Lipinski definition) is 0. The highest BCUT2D eigenvalue weighted by Gasteiger charge is 2.48. The summed E-state index contributed by atoms with van der Waals surface area (Å²) in [4.78, 5) is 41.8. The number of carbonyl (C=O) groups is 3. The molecule has 6 heteroatoms. The second-order valence-corrected chi connectivity index (χ2v) is 9.02. The lowest BCUT2D eigenvalue weighted by Crippen LogP contribution is -2.43. The molecule has 2 saturated carbocycles. The van der Waals surface area contributed by atoms with Gasteiger partial charge in [-0.2, -0.15) is 0 Å². The smallest absolute Gasteiger partial charge is 0.233 e. The lowest BCUT2D eigenvalue weighted by atomic mass is 9.81. The normalized spacial score (nSPS) is 24.8. The Hall–Kier alpha value is -2.24. The summed E-state index contributed by atoms with van der Waals surface area (Å²) in [6, 6.07) is 6.45. The van der Waals surface area contributed by atoms with Gasteiger partial charge in [-0.3, -0.25) is 19.3 Å². The van der Waals surface area contributed by atoms with Gasteiger partial charge in [-0.25, -0.2) is 4.39 Å². The predicted molar refractivity (Wildman–Crippen MR) is 111 cm³/mol. The lowest BCUT2D eigenvalue weighted by molar-refractivity contribution is -0.141. The quantitative estimate of drug-likeness (QED) is 0.660. The Labute approximate surface area is 177 Å². The SMILES string of the molecule is O=C1[C@@H]2CCCC[C@H]2C(=O)N1CCC(=O)N(Cc1ccc(F)cc1)C1CCCCC1. The Bertz CT molecular complexity index is 764. The number of carbonyl (C=O) groups excluding carboxylic acids is 3. The predicted octanol–water partition coefficient (Wildman–Crippen LogP) is 4.05. The van der Waals surface area contributed by atoms with Crippen LogP contribution in [0.5, 0.6) is 0 Å². The maximum Gasteiger partial charge on any atom is 0.233 e. The van der Waals surface area contributed by atoms with Gasteiger partial charge in [0, 0.05) is 25.6 Å². The van der Waals surface area contributed by atoms with Crippen molar-refractivity contribution in [3.63, 3.8) is 0 Å². The van der Waals surface area contributed by atoms with Crippen molar-refractivity contribution >= 4 is 17.7 Å². The van der Waals surface area contributed by atoms with Gasteiger partial charge >= 0.3 is 0 Å². The van der Waals surface area contributed by atoms with Crippen molar-refractivity contribution < 1.29 is 18.8 Å². The maximum atomic E-state index is 13.3. The zero-order valence-electron chi connectivity index (χ0n) is 17.5. The van der Waals surface area contributed by atoms with Crippen LogP contribution in [-0.4, -0.2) is 40.1 Å². The van der Waals surface area contributed by atoms with E-state index in [0.29, 0.717) is 6.54 Å². The third-order valence-corrected chi connectivity index (χ3v) is 7.08. The highest BCUT2D eigenvalue weighted by Crippen LogP contribution is 2.38. The Morgan fingerprint density at radius 1 is 0.900 bits per heavy atom. The molecule has 5 nitrogen and oxygen atoms in total. The number of hydrogen-bond acceptors (Lipinski definition) is 3. The van der Waals surface area contributed by atoms with Crippen molar-refractivity contribution in [1.29, 1.82) is 0 Å². The average molecular weight is 415 g/mol. The van der Waals surface area contributed by atoms with Gasteiger partial charge in [-0.1, -0.05) is 44.2 Å². The number of fused-ring (bicyclic) bond motifs is 1. The van der Waals surface area contributed by atoms with Crippen LogP contribution in [0.15, 0.2) is 24.3 Å². The minimum Gasteiger partial charge on any atom is -0.335 e. The van der Waals surface area contributed by atoms with Gasteiger partial charge in [0.05, 0.1) is 11.8 Å². The molecule has 162 valence electrons. The molecule has 1 heterocycles. The fourth-order valence-corrected chi connectivity index (χ4v) is 5.40. The number of amides is 3. The fraction of sp³-hybridized carbons (Fsp3) is 0.625. The van der Waals surface area contributed by atoms with Crippen LogP contribution in [0, 0.1) is 17.7 Å². The molecule has 1 aromatic carbocycles. The Morgan fingerprint density at radius 2 is 1.47 bits per heavy atom. The molecule has 4 rings (SSSR count). The molecule has 3 aliphatic rings. The first kappa shape index (κ1) is 21.0. The largest absolute Gasteiger partial charge is 0.335 e. The van der Waals surface area contributed by atoms with Gasteiger partial charge in [0.25, 0.3) is 0 Å². The Kier molecular flexibility index (Phi) is 6.49. The first-order chi connectivity index (χ1) is 14.5. The summed E-state index contributed by atoms with van der Waals surface area (Å²) in [6.07, 6.45) is 9.08. The molecule has 1 saturated heterocycles. The molecule has 1 aliphatic heterocycles. The van der Waals surface area contributed by atoms with Crippen LogP contribution in [0.4, 0.5) is 4.39 Å². The number of benzene rings is 1. The van der Waals surface area contributed by atoms with E-state index in [9.17, 15) is 18.8 Å². The van der Waals surface area contributed by atoms with Gasteiger partial charge in [0.15, 0.2) is 0 Å². The first-order valence-corrected chi connectivity index (χ1v) is 11.4. The number of nitrogens with zero attached hydrogens (tertiary/aromatic N) is 2. The van der Waals surface area contributed by atoms with Gasteiger partial charge in [-0.05, 0) is 43.4 Å². The standard InChI is InChI=1S/C24H31FN2O3/c25-18-12-10-17(11-13-18)16-27(19-6-2-1-3-7-19)22(28)14-15-26-23(29)20-8-4-5-9-21(20)24(26)30/h10-13,19-21H,1-9,14-16H2/t20-,21-/m1/s1. The maximum absolute atomic E-state index is 13.3. The van der Waals surface area contributed by atoms with Crippen molar-refractivity contribution in [3.05, 3.63) is 35.6 Å². The summed E-state index contributed by atoms with van der Waals surface area (Å²) >= 11 is 0. The lowest BCUT2D eigenvalue weighted by Gasteiger charge is -2.35. The molecule has 30 heavy (non-hydrogen) atoms. The zero-order valence-corrected chi connectivity index (χ0v) is 17.5. The van der Waals surface area contributed by atoms with E-state index in [2.05, 4.69) is 0 Å². The van der Waals surface area contributed by atoms with Crippen molar-refractivity contribution in [3.8, 4) is 0 Å². The van der Waals surface area contributed by atoms with Crippen LogP contribution in [0.3, 0.4) is 0 Å². The van der Waals surface area contributed by atoms with Crippen LogP contribution in [0.25, 0.3) is 0 Å². The molecule has 2 aliphatic carbocycles. The van der Waals surface area contributed by atoms with E-state index in [4.69, 9.17) is 0 Å². The summed E-state index contributed by atoms with van der Waals surface area (Å²) in [5, 5.41) is 0. The summed E-state index contributed by atoms with van der Waals surface area (Å²) in [5.41, 5.74) is 0.898. The molecule has 3 amide bonds. The molecule has 3 fully saturated rings. The van der Waals surface area contributed by atoms with Crippen molar-refractivity contribution in [2.75, 3.05) is 6.54 Å². The number of imide groups is 1. The minimum absolute atomic E-state index is 0.0262. The topological polar surface area (TPSA) is 57.7 Å². The average Bonchev–Trinajstić information content (AvgIpc) is 3.02. The Balaban J connectivity index is 1.42. The summed E-state index contributed by atoms with van der Waals surface area (Å²) in [6.45, 7) is 0.618. The van der Waals surface area contributed by atoms with Crippen molar-refractivity contribution in [2.24, 2.45) is 11.8 Å². The molecule has 0 unspecified atom stereocenters. The summed E-state index contributed by atoms with van der Waals surface area (Å²) < 4.78 is 13.3. The molecule has 0 spiro atoms. The first-order valence-electron chi connectivity index (χ1n) is 11.4. The van der Waals surface area contributed by atoms with E-state index in [0.717, 1.165) is 56.9 Å². The van der Waals surface area contributed by atoms with E-state index in [1.165, 1.54) is 23.5 Å². The number of rotatable bonds is 6. The molecule has 0 bridgehead atoms. The van der Waals surface area contributed by atoms with Crippen LogP contribution >= 0.6 is 0 Å². The van der Waals surface area contributed by atoms with Crippen molar-refractivity contribution in [2.45, 2.75) is 76.8 Å². The highest BCUT2D eigenvalue weighted by molar-refractivity contribution is 6.05. The zero-order chi connectivity index (χ0) is 21.1. The fourth-order valence-electron chi connectivity index (χ4n) is 5.40. The summed E-state index contributed by atoms with van der Waals surface area (Å²) in [5.74, 6) is -0.825. The highest BCUT2D eigenvalue weighted by atomic mass is 19.1. The molecule has 0 radical (unpaired) electrons. The van der Waals surface area contributed by atoms with Gasteiger partial charge in [0.2, 0.25) is 17.7 Å². The molecular formula is C24H31FN2O3. The van der Waals surface area contributed by atoms with E-state index in [1.54, 1.807) is 12.1 Å². The van der Waals surface area contributed by atoms with Crippen LogP contribution in [0.2, 0.25) is 0 Å². The second-order valence-electron chi connectivity index (χ2n) is 9.02. The van der Waals surface area contributed by atoms with Crippen molar-refractivity contribution in [1.82, 2.24) is 9.80 Å².